The fourth-order valence-corrected chi connectivity index (χ4v) is 1.95. The fourth-order valence-electron chi connectivity index (χ4n) is 1.79. The highest BCUT2D eigenvalue weighted by molar-refractivity contribution is 6.30. The maximum atomic E-state index is 11.8. The van der Waals surface area contributed by atoms with Gasteiger partial charge in [-0.3, -0.25) is 4.79 Å². The third-order valence-corrected chi connectivity index (χ3v) is 3.00. The summed E-state index contributed by atoms with van der Waals surface area (Å²) >= 11 is 5.88. The maximum Gasteiger partial charge on any atom is 0.237 e. The van der Waals surface area contributed by atoms with E-state index in [1.165, 1.54) is 0 Å². The molecule has 1 aromatic rings. The van der Waals surface area contributed by atoms with Gasteiger partial charge in [0.05, 0.1) is 13.2 Å². The molecule has 0 heterocycles. The number of nitrogens with two attached hydrogens (primary N) is 1. The van der Waals surface area contributed by atoms with Crippen molar-refractivity contribution in [3.63, 3.8) is 0 Å². The van der Waals surface area contributed by atoms with Crippen molar-refractivity contribution in [3.8, 4) is 5.75 Å². The average Bonchev–Trinajstić information content (AvgIpc) is 2.35. The van der Waals surface area contributed by atoms with Crippen LogP contribution in [0.2, 0.25) is 5.02 Å². The summed E-state index contributed by atoms with van der Waals surface area (Å²) in [6.45, 7) is 4.45. The lowest BCUT2D eigenvalue weighted by Crippen LogP contribution is -2.41. The number of carbonyl (C=O) groups is 1. The maximum absolute atomic E-state index is 11.8. The molecule has 0 fully saturated rings. The first-order valence-corrected chi connectivity index (χ1v) is 6.67. The van der Waals surface area contributed by atoms with E-state index in [1.54, 1.807) is 19.2 Å². The van der Waals surface area contributed by atoms with Gasteiger partial charge >= 0.3 is 0 Å². The number of methoxy groups -OCH3 is 1. The summed E-state index contributed by atoms with van der Waals surface area (Å²) in [4.78, 5) is 11.8. The van der Waals surface area contributed by atoms with Gasteiger partial charge in [-0.1, -0.05) is 31.5 Å². The van der Waals surface area contributed by atoms with Crippen LogP contribution >= 0.6 is 24.0 Å². The van der Waals surface area contributed by atoms with Gasteiger partial charge in [0.15, 0.2) is 0 Å². The zero-order chi connectivity index (χ0) is 14.4. The Morgan fingerprint density at radius 1 is 1.45 bits per heavy atom. The van der Waals surface area contributed by atoms with Crippen LogP contribution in [0.5, 0.6) is 5.75 Å². The first-order chi connectivity index (χ1) is 8.93. The van der Waals surface area contributed by atoms with Gasteiger partial charge in [0, 0.05) is 17.1 Å². The minimum Gasteiger partial charge on any atom is -0.496 e. The van der Waals surface area contributed by atoms with Gasteiger partial charge in [0.2, 0.25) is 5.91 Å². The van der Waals surface area contributed by atoms with Crippen LogP contribution in [-0.4, -0.2) is 19.1 Å². The van der Waals surface area contributed by atoms with E-state index in [0.29, 0.717) is 29.7 Å². The Bertz CT molecular complexity index is 439. The monoisotopic (exact) mass is 320 g/mol. The van der Waals surface area contributed by atoms with Crippen molar-refractivity contribution in [2.45, 2.75) is 32.9 Å². The number of rotatable bonds is 6. The average molecular weight is 321 g/mol. The quantitative estimate of drug-likeness (QED) is 0.847. The van der Waals surface area contributed by atoms with Crippen LogP contribution < -0.4 is 15.8 Å². The van der Waals surface area contributed by atoms with Crippen LogP contribution in [0.15, 0.2) is 18.2 Å². The first-order valence-electron chi connectivity index (χ1n) is 6.29. The Kier molecular flexibility index (Phi) is 8.62. The van der Waals surface area contributed by atoms with Crippen molar-refractivity contribution in [2.24, 2.45) is 11.7 Å². The van der Waals surface area contributed by atoms with E-state index in [9.17, 15) is 4.79 Å². The van der Waals surface area contributed by atoms with E-state index in [-0.39, 0.29) is 18.3 Å². The van der Waals surface area contributed by atoms with Crippen LogP contribution in [-0.2, 0) is 11.3 Å². The number of carbonyl (C=O) groups excluding carboxylic acids is 1. The minimum atomic E-state index is -0.474. The predicted octanol–water partition coefficient (Wildman–Crippen LogP) is 2.76. The lowest BCUT2D eigenvalue weighted by atomic mass is 10.0. The number of nitrogens with one attached hydrogen (secondary N) is 1. The highest BCUT2D eigenvalue weighted by Crippen LogP contribution is 2.22. The highest BCUT2D eigenvalue weighted by Gasteiger charge is 2.15. The lowest BCUT2D eigenvalue weighted by Gasteiger charge is -2.15. The summed E-state index contributed by atoms with van der Waals surface area (Å²) in [5.41, 5.74) is 6.68. The molecular formula is C14H22Cl2N2O2. The van der Waals surface area contributed by atoms with Gasteiger partial charge in [-0.05, 0) is 24.5 Å². The summed E-state index contributed by atoms with van der Waals surface area (Å²) in [5.74, 6) is 0.904. The predicted molar refractivity (Wildman–Crippen MR) is 84.5 cm³/mol. The second kappa shape index (κ2) is 9.06. The standard InChI is InChI=1S/C14H21ClN2O2.ClH/c1-9(2)6-12(16)14(18)17-8-10-4-5-11(15)7-13(10)19-3;/h4-5,7,9,12H,6,8,16H2,1-3H3,(H,17,18);1H/t12-;/m0./s1. The Hall–Kier alpha value is -0.970. The summed E-state index contributed by atoms with van der Waals surface area (Å²) < 4.78 is 5.22. The Morgan fingerprint density at radius 2 is 2.10 bits per heavy atom. The molecule has 1 amide bonds. The van der Waals surface area contributed by atoms with Gasteiger partial charge in [-0.2, -0.15) is 0 Å². The zero-order valence-corrected chi connectivity index (χ0v) is 13.6. The van der Waals surface area contributed by atoms with Gasteiger partial charge < -0.3 is 15.8 Å². The topological polar surface area (TPSA) is 64.3 Å². The molecular weight excluding hydrogens is 299 g/mol. The molecule has 3 N–H and O–H groups in total. The van der Waals surface area contributed by atoms with E-state index in [4.69, 9.17) is 22.1 Å². The number of benzene rings is 1. The molecule has 0 aliphatic rings. The van der Waals surface area contributed by atoms with Crippen molar-refractivity contribution < 1.29 is 9.53 Å². The van der Waals surface area contributed by atoms with E-state index in [0.717, 1.165) is 5.56 Å². The largest absolute Gasteiger partial charge is 0.496 e. The Labute approximate surface area is 131 Å². The number of hydrogen-bond acceptors (Lipinski definition) is 3. The molecule has 1 rings (SSSR count). The molecule has 4 nitrogen and oxygen atoms in total. The van der Waals surface area contributed by atoms with Crippen LogP contribution in [0.25, 0.3) is 0 Å². The third kappa shape index (κ3) is 5.99. The molecule has 0 saturated heterocycles. The Balaban J connectivity index is 0.00000361. The molecule has 1 aromatic carbocycles. The molecule has 1 atom stereocenters. The lowest BCUT2D eigenvalue weighted by molar-refractivity contribution is -0.122. The second-order valence-electron chi connectivity index (χ2n) is 4.91. The van der Waals surface area contributed by atoms with Crippen LogP contribution in [0.3, 0.4) is 0 Å². The molecule has 0 spiro atoms. The molecule has 0 unspecified atom stereocenters. The summed E-state index contributed by atoms with van der Waals surface area (Å²) in [6, 6.07) is 4.84. The first kappa shape index (κ1) is 19.0. The van der Waals surface area contributed by atoms with Crippen molar-refractivity contribution in [1.82, 2.24) is 5.32 Å². The molecule has 0 bridgehead atoms. The van der Waals surface area contributed by atoms with E-state index in [2.05, 4.69) is 5.32 Å². The number of amides is 1. The molecule has 0 saturated carbocycles. The number of halogens is 2. The van der Waals surface area contributed by atoms with Crippen molar-refractivity contribution >= 4 is 29.9 Å². The Morgan fingerprint density at radius 3 is 2.65 bits per heavy atom. The molecule has 20 heavy (non-hydrogen) atoms. The molecule has 0 aliphatic heterocycles. The van der Waals surface area contributed by atoms with Crippen LogP contribution in [0.4, 0.5) is 0 Å². The van der Waals surface area contributed by atoms with E-state index in [1.807, 2.05) is 19.9 Å². The molecule has 114 valence electrons. The van der Waals surface area contributed by atoms with Crippen molar-refractivity contribution in [1.29, 1.82) is 0 Å². The third-order valence-electron chi connectivity index (χ3n) is 2.76. The molecule has 0 radical (unpaired) electrons. The van der Waals surface area contributed by atoms with E-state index >= 15 is 0 Å². The molecule has 6 heteroatoms. The van der Waals surface area contributed by atoms with Gasteiger partial charge in [-0.15, -0.1) is 12.4 Å². The molecule has 0 aliphatic carbocycles. The number of ether oxygens (including phenoxy) is 1. The minimum absolute atomic E-state index is 0. The van der Waals surface area contributed by atoms with Crippen LogP contribution in [0.1, 0.15) is 25.8 Å². The van der Waals surface area contributed by atoms with Gasteiger partial charge in [0.1, 0.15) is 5.75 Å². The van der Waals surface area contributed by atoms with Gasteiger partial charge in [-0.25, -0.2) is 0 Å². The second-order valence-corrected chi connectivity index (χ2v) is 5.35. The fraction of sp³-hybridized carbons (Fsp3) is 0.500. The van der Waals surface area contributed by atoms with Crippen molar-refractivity contribution in [3.05, 3.63) is 28.8 Å². The SMILES string of the molecule is COc1cc(Cl)ccc1CNC(=O)[C@@H](N)CC(C)C.Cl. The van der Waals surface area contributed by atoms with Crippen LogP contribution in [0, 0.1) is 5.92 Å². The zero-order valence-electron chi connectivity index (χ0n) is 12.0. The van der Waals surface area contributed by atoms with E-state index < -0.39 is 6.04 Å². The summed E-state index contributed by atoms with van der Waals surface area (Å²) in [7, 11) is 1.57. The summed E-state index contributed by atoms with van der Waals surface area (Å²) in [5, 5.41) is 3.41. The molecule has 0 aromatic heterocycles. The number of hydrogen-bond donors (Lipinski definition) is 2. The summed E-state index contributed by atoms with van der Waals surface area (Å²) in [6.07, 6.45) is 0.670. The smallest absolute Gasteiger partial charge is 0.237 e. The normalized spacial score (nSPS) is 11.7. The van der Waals surface area contributed by atoms with Gasteiger partial charge in [0.25, 0.3) is 0 Å². The van der Waals surface area contributed by atoms with Crippen molar-refractivity contribution in [2.75, 3.05) is 7.11 Å². The highest BCUT2D eigenvalue weighted by atomic mass is 35.5.